The molecule has 5 rings (SSSR count). The molecule has 0 aliphatic heterocycles. The molecule has 0 amide bonds. The molecular weight excluding hydrogens is 476 g/mol. The van der Waals surface area contributed by atoms with Gasteiger partial charge in [0.15, 0.2) is 5.78 Å². The first-order valence-electron chi connectivity index (χ1n) is 12.2. The average Bonchev–Trinajstić information content (AvgIpc) is 2.98. The quantitative estimate of drug-likeness (QED) is 0.214. The molecule has 0 spiro atoms. The molecule has 0 radical (unpaired) electrons. The Balaban J connectivity index is 1.80. The van der Waals surface area contributed by atoms with Crippen LogP contribution in [-0.4, -0.2) is 20.0 Å². The second-order valence-electron chi connectivity index (χ2n) is 8.76. The molecule has 0 saturated heterocycles. The van der Waals surface area contributed by atoms with E-state index in [4.69, 9.17) is 13.9 Å². The van der Waals surface area contributed by atoms with Crippen LogP contribution in [0.3, 0.4) is 0 Å². The lowest BCUT2D eigenvalue weighted by atomic mass is 9.80. The Labute approximate surface area is 220 Å². The molecule has 5 nitrogen and oxygen atoms in total. The third-order valence-corrected chi connectivity index (χ3v) is 6.49. The third kappa shape index (κ3) is 5.00. The second-order valence-corrected chi connectivity index (χ2v) is 8.76. The highest BCUT2D eigenvalue weighted by atomic mass is 16.5. The van der Waals surface area contributed by atoms with Crippen molar-refractivity contribution in [1.29, 1.82) is 0 Å². The van der Waals surface area contributed by atoms with Gasteiger partial charge in [0.25, 0.3) is 0 Å². The fourth-order valence-corrected chi connectivity index (χ4v) is 4.62. The van der Waals surface area contributed by atoms with E-state index in [-0.39, 0.29) is 5.78 Å². The molecule has 0 aliphatic rings. The van der Waals surface area contributed by atoms with Crippen molar-refractivity contribution in [3.8, 4) is 33.9 Å². The topological polar surface area (TPSA) is 65.7 Å². The largest absolute Gasteiger partial charge is 0.497 e. The van der Waals surface area contributed by atoms with Gasteiger partial charge in [0.2, 0.25) is 0 Å². The van der Waals surface area contributed by atoms with Gasteiger partial charge >= 0.3 is 5.63 Å². The zero-order valence-corrected chi connectivity index (χ0v) is 21.1. The summed E-state index contributed by atoms with van der Waals surface area (Å²) in [4.78, 5) is 27.3. The van der Waals surface area contributed by atoms with Gasteiger partial charge < -0.3 is 13.9 Å². The molecule has 0 fully saturated rings. The van der Waals surface area contributed by atoms with E-state index in [1.807, 2.05) is 84.9 Å². The van der Waals surface area contributed by atoms with Gasteiger partial charge in [-0.3, -0.25) is 4.79 Å². The molecule has 4 aromatic carbocycles. The van der Waals surface area contributed by atoms with Gasteiger partial charge in [0.1, 0.15) is 17.3 Å². The van der Waals surface area contributed by atoms with Crippen LogP contribution in [-0.2, 0) is 0 Å². The summed E-state index contributed by atoms with van der Waals surface area (Å²) in [7, 11) is 3.18. The number of carbonyl (C=O) groups excluding carboxylic acids is 1. The second kappa shape index (κ2) is 11.0. The molecule has 5 aromatic rings. The highest BCUT2D eigenvalue weighted by Gasteiger charge is 2.30. The number of Topliss-reactive ketones (excluding diaryl/α,β-unsaturated/α-hetero) is 1. The van der Waals surface area contributed by atoms with Crippen molar-refractivity contribution in [3.63, 3.8) is 0 Å². The standard InChI is InChI=1S/C33H26O5/c1-36-26-17-13-23(14-18-26)30(32(35)24-15-19-27(37-2)20-16-24)28-21-29(34)38-33(25-11-7-4-8-12-25)31(28)22-9-5-3-6-10-22/h3-21,30H,1-2H3. The van der Waals surface area contributed by atoms with E-state index in [9.17, 15) is 9.59 Å². The fraction of sp³-hybridized carbons (Fsp3) is 0.0909. The number of ether oxygens (including phenoxy) is 2. The van der Waals surface area contributed by atoms with E-state index in [1.54, 1.807) is 38.5 Å². The highest BCUT2D eigenvalue weighted by Crippen LogP contribution is 2.41. The summed E-state index contributed by atoms with van der Waals surface area (Å²) in [6.07, 6.45) is 0. The van der Waals surface area contributed by atoms with Gasteiger partial charge in [-0.15, -0.1) is 0 Å². The van der Waals surface area contributed by atoms with Gasteiger partial charge in [-0.05, 0) is 53.1 Å². The lowest BCUT2D eigenvalue weighted by Crippen LogP contribution is -2.18. The van der Waals surface area contributed by atoms with Gasteiger partial charge in [-0.1, -0.05) is 72.8 Å². The zero-order chi connectivity index (χ0) is 26.5. The number of hydrogen-bond acceptors (Lipinski definition) is 5. The normalized spacial score (nSPS) is 11.5. The molecule has 188 valence electrons. The minimum Gasteiger partial charge on any atom is -0.497 e. The van der Waals surface area contributed by atoms with Crippen LogP contribution in [0.1, 0.15) is 27.4 Å². The monoisotopic (exact) mass is 502 g/mol. The number of hydrogen-bond donors (Lipinski definition) is 0. The van der Waals surface area contributed by atoms with Gasteiger partial charge in [0, 0.05) is 22.8 Å². The number of carbonyl (C=O) groups is 1. The number of methoxy groups -OCH3 is 2. The first-order chi connectivity index (χ1) is 18.6. The van der Waals surface area contributed by atoms with Crippen molar-refractivity contribution in [2.45, 2.75) is 5.92 Å². The summed E-state index contributed by atoms with van der Waals surface area (Å²) in [6, 6.07) is 34.9. The molecule has 1 heterocycles. The molecule has 0 N–H and O–H groups in total. The van der Waals surface area contributed by atoms with E-state index in [0.717, 1.165) is 16.7 Å². The van der Waals surface area contributed by atoms with Gasteiger partial charge in [-0.25, -0.2) is 4.79 Å². The predicted molar refractivity (Wildman–Crippen MR) is 148 cm³/mol. The van der Waals surface area contributed by atoms with E-state index in [2.05, 4.69) is 0 Å². The van der Waals surface area contributed by atoms with Crippen LogP contribution in [0.25, 0.3) is 22.5 Å². The van der Waals surface area contributed by atoms with Gasteiger partial charge in [-0.2, -0.15) is 0 Å². The molecular formula is C33H26O5. The van der Waals surface area contributed by atoms with Crippen molar-refractivity contribution in [1.82, 2.24) is 0 Å². The Bertz CT molecular complexity index is 1590. The summed E-state index contributed by atoms with van der Waals surface area (Å²) >= 11 is 0. The molecule has 1 unspecified atom stereocenters. The first kappa shape index (κ1) is 24.8. The minimum absolute atomic E-state index is 0.153. The fourth-order valence-electron chi connectivity index (χ4n) is 4.62. The minimum atomic E-state index is -0.781. The van der Waals surface area contributed by atoms with E-state index in [0.29, 0.717) is 33.9 Å². The molecule has 1 aromatic heterocycles. The Kier molecular flexibility index (Phi) is 7.18. The number of rotatable bonds is 8. The first-order valence-corrected chi connectivity index (χ1v) is 12.2. The lowest BCUT2D eigenvalue weighted by molar-refractivity contribution is 0.0974. The highest BCUT2D eigenvalue weighted by molar-refractivity contribution is 6.04. The zero-order valence-electron chi connectivity index (χ0n) is 21.1. The maximum absolute atomic E-state index is 14.2. The van der Waals surface area contributed by atoms with Crippen LogP contribution in [0.5, 0.6) is 11.5 Å². The summed E-state index contributed by atoms with van der Waals surface area (Å²) in [5.41, 5.74) is 3.55. The SMILES string of the molecule is COc1ccc(C(=O)C(c2ccc(OC)cc2)c2cc(=O)oc(-c3ccccc3)c2-c2ccccc2)cc1. The summed E-state index contributed by atoms with van der Waals surface area (Å²) in [6.45, 7) is 0. The Morgan fingerprint density at radius 2 is 1.21 bits per heavy atom. The average molecular weight is 503 g/mol. The van der Waals surface area contributed by atoms with Crippen molar-refractivity contribution >= 4 is 5.78 Å². The van der Waals surface area contributed by atoms with Crippen LogP contribution in [0.2, 0.25) is 0 Å². The molecule has 0 saturated carbocycles. The van der Waals surface area contributed by atoms with Crippen LogP contribution < -0.4 is 15.1 Å². The summed E-state index contributed by atoms with van der Waals surface area (Å²) < 4.78 is 16.5. The summed E-state index contributed by atoms with van der Waals surface area (Å²) in [5.74, 6) is 0.806. The van der Waals surface area contributed by atoms with Crippen molar-refractivity contribution in [2.75, 3.05) is 14.2 Å². The van der Waals surface area contributed by atoms with Crippen molar-refractivity contribution in [3.05, 3.63) is 142 Å². The summed E-state index contributed by atoms with van der Waals surface area (Å²) in [5, 5.41) is 0. The lowest BCUT2D eigenvalue weighted by Gasteiger charge is -2.22. The van der Waals surface area contributed by atoms with Crippen LogP contribution in [0.4, 0.5) is 0 Å². The smallest absolute Gasteiger partial charge is 0.336 e. The molecule has 0 bridgehead atoms. The maximum Gasteiger partial charge on any atom is 0.336 e. The number of ketones is 1. The third-order valence-electron chi connectivity index (χ3n) is 6.49. The van der Waals surface area contributed by atoms with E-state index >= 15 is 0 Å². The van der Waals surface area contributed by atoms with E-state index < -0.39 is 11.5 Å². The Morgan fingerprint density at radius 1 is 0.684 bits per heavy atom. The van der Waals surface area contributed by atoms with Crippen molar-refractivity contribution in [2.24, 2.45) is 0 Å². The Hall–Kier alpha value is -4.90. The van der Waals surface area contributed by atoms with Crippen LogP contribution in [0, 0.1) is 0 Å². The molecule has 1 atom stereocenters. The predicted octanol–water partition coefficient (Wildman–Crippen LogP) is 7.01. The molecule has 5 heteroatoms. The van der Waals surface area contributed by atoms with Crippen LogP contribution >= 0.6 is 0 Å². The van der Waals surface area contributed by atoms with Crippen LogP contribution in [0.15, 0.2) is 124 Å². The number of benzene rings is 4. The van der Waals surface area contributed by atoms with Crippen molar-refractivity contribution < 1.29 is 18.7 Å². The molecule has 0 aliphatic carbocycles. The Morgan fingerprint density at radius 3 is 1.76 bits per heavy atom. The maximum atomic E-state index is 14.2. The molecule has 38 heavy (non-hydrogen) atoms. The van der Waals surface area contributed by atoms with E-state index in [1.165, 1.54) is 6.07 Å². The van der Waals surface area contributed by atoms with Gasteiger partial charge in [0.05, 0.1) is 20.1 Å².